The fraction of sp³-hybridized carbons (Fsp3) is 0.500. The van der Waals surface area contributed by atoms with Gasteiger partial charge in [-0.05, 0) is 24.0 Å². The highest BCUT2D eigenvalue weighted by atomic mass is 16.2. The summed E-state index contributed by atoms with van der Waals surface area (Å²) >= 11 is 0. The third kappa shape index (κ3) is 2.50. The number of aryl methyl sites for hydroxylation is 1. The van der Waals surface area contributed by atoms with Crippen LogP contribution in [0.2, 0.25) is 0 Å². The average Bonchev–Trinajstić information content (AvgIpc) is 2.32. The van der Waals surface area contributed by atoms with Crippen LogP contribution in [-0.2, 0) is 11.2 Å². The smallest absolute Gasteiger partial charge is 0.227 e. The van der Waals surface area contributed by atoms with Crippen molar-refractivity contribution in [2.24, 2.45) is 11.7 Å². The first-order chi connectivity index (χ1) is 8.09. The van der Waals surface area contributed by atoms with Crippen LogP contribution >= 0.6 is 0 Å². The van der Waals surface area contributed by atoms with E-state index in [2.05, 4.69) is 19.9 Å². The van der Waals surface area contributed by atoms with Crippen molar-refractivity contribution in [3.63, 3.8) is 0 Å². The van der Waals surface area contributed by atoms with E-state index in [-0.39, 0.29) is 11.9 Å². The van der Waals surface area contributed by atoms with Gasteiger partial charge in [0, 0.05) is 24.7 Å². The number of nitrogens with zero attached hydrogens (tertiary/aromatic N) is 1. The molecule has 1 unspecified atom stereocenters. The second kappa shape index (κ2) is 4.88. The number of para-hydroxylation sites is 1. The Bertz CT molecular complexity index is 414. The molecule has 1 heterocycles. The van der Waals surface area contributed by atoms with E-state index in [1.165, 1.54) is 5.56 Å². The Hall–Kier alpha value is -1.35. The van der Waals surface area contributed by atoms with E-state index in [1.807, 2.05) is 23.1 Å². The topological polar surface area (TPSA) is 46.3 Å². The van der Waals surface area contributed by atoms with Crippen molar-refractivity contribution in [3.05, 3.63) is 29.8 Å². The largest absolute Gasteiger partial charge is 0.326 e. The molecular weight excluding hydrogens is 212 g/mol. The van der Waals surface area contributed by atoms with Gasteiger partial charge < -0.3 is 10.6 Å². The van der Waals surface area contributed by atoms with Crippen LogP contribution in [-0.4, -0.2) is 18.5 Å². The number of benzene rings is 1. The van der Waals surface area contributed by atoms with Crippen LogP contribution in [0.5, 0.6) is 0 Å². The molecule has 92 valence electrons. The van der Waals surface area contributed by atoms with Crippen molar-refractivity contribution < 1.29 is 4.79 Å². The third-order valence-electron chi connectivity index (χ3n) is 3.44. The van der Waals surface area contributed by atoms with Crippen molar-refractivity contribution in [1.82, 2.24) is 0 Å². The minimum Gasteiger partial charge on any atom is -0.326 e. The summed E-state index contributed by atoms with van der Waals surface area (Å²) < 4.78 is 0. The number of anilines is 1. The minimum atomic E-state index is 0.0325. The lowest BCUT2D eigenvalue weighted by Gasteiger charge is -2.32. The van der Waals surface area contributed by atoms with Gasteiger partial charge in [-0.2, -0.15) is 0 Å². The van der Waals surface area contributed by atoms with Gasteiger partial charge in [-0.25, -0.2) is 0 Å². The maximum Gasteiger partial charge on any atom is 0.227 e. The summed E-state index contributed by atoms with van der Waals surface area (Å²) in [4.78, 5) is 13.8. The molecule has 3 heteroatoms. The molecule has 1 aromatic rings. The molecule has 0 saturated heterocycles. The first-order valence-corrected chi connectivity index (χ1v) is 6.23. The first kappa shape index (κ1) is 12.1. The Kier molecular flexibility index (Phi) is 3.48. The van der Waals surface area contributed by atoms with Crippen molar-refractivity contribution in [2.45, 2.75) is 32.7 Å². The first-order valence-electron chi connectivity index (χ1n) is 6.23. The monoisotopic (exact) mass is 232 g/mol. The number of hydrogen-bond donors (Lipinski definition) is 1. The number of carbonyl (C=O) groups excluding carboxylic acids is 1. The fourth-order valence-corrected chi connectivity index (χ4v) is 2.12. The predicted molar refractivity (Wildman–Crippen MR) is 69.9 cm³/mol. The van der Waals surface area contributed by atoms with Crippen molar-refractivity contribution >= 4 is 11.6 Å². The van der Waals surface area contributed by atoms with Gasteiger partial charge in [0.2, 0.25) is 5.91 Å². The Morgan fingerprint density at radius 3 is 2.71 bits per heavy atom. The summed E-state index contributed by atoms with van der Waals surface area (Å²) in [5, 5.41) is 0. The lowest BCUT2D eigenvalue weighted by molar-refractivity contribution is -0.119. The standard InChI is InChI=1S/C14H20N2O/c1-10(2)12(15)9-16-13-6-4-3-5-11(13)7-8-14(16)17/h3-6,10,12H,7-9,15H2,1-2H3. The molecule has 1 aromatic carbocycles. The number of hydrogen-bond acceptors (Lipinski definition) is 2. The number of fused-ring (bicyclic) bond motifs is 1. The van der Waals surface area contributed by atoms with E-state index in [1.54, 1.807) is 0 Å². The van der Waals surface area contributed by atoms with Gasteiger partial charge in [-0.15, -0.1) is 0 Å². The number of amides is 1. The third-order valence-corrected chi connectivity index (χ3v) is 3.44. The van der Waals surface area contributed by atoms with Gasteiger partial charge in [0.1, 0.15) is 0 Å². The summed E-state index contributed by atoms with van der Waals surface area (Å²) in [6.45, 7) is 4.80. The van der Waals surface area contributed by atoms with Crippen LogP contribution < -0.4 is 10.6 Å². The Morgan fingerprint density at radius 1 is 1.29 bits per heavy atom. The zero-order chi connectivity index (χ0) is 12.4. The molecule has 0 aliphatic carbocycles. The number of rotatable bonds is 3. The number of nitrogens with two attached hydrogens (primary N) is 1. The average molecular weight is 232 g/mol. The van der Waals surface area contributed by atoms with Gasteiger partial charge in [-0.3, -0.25) is 4.79 Å². The molecule has 0 bridgehead atoms. The lowest BCUT2D eigenvalue weighted by Crippen LogP contribution is -2.45. The van der Waals surface area contributed by atoms with Gasteiger partial charge in [0.25, 0.3) is 0 Å². The van der Waals surface area contributed by atoms with E-state index in [4.69, 9.17) is 5.73 Å². The highest BCUT2D eigenvalue weighted by Crippen LogP contribution is 2.27. The summed E-state index contributed by atoms with van der Waals surface area (Å²) in [5.41, 5.74) is 8.37. The quantitative estimate of drug-likeness (QED) is 0.865. The van der Waals surface area contributed by atoms with E-state index < -0.39 is 0 Å². The Balaban J connectivity index is 2.24. The van der Waals surface area contributed by atoms with Crippen LogP contribution in [0, 0.1) is 5.92 Å². The predicted octanol–water partition coefficient (Wildman–Crippen LogP) is 1.95. The molecule has 1 aliphatic rings. The van der Waals surface area contributed by atoms with Crippen LogP contribution in [0.3, 0.4) is 0 Å². The Labute approximate surface area is 103 Å². The molecule has 3 nitrogen and oxygen atoms in total. The van der Waals surface area contributed by atoms with Crippen LogP contribution in [0.15, 0.2) is 24.3 Å². The molecule has 0 saturated carbocycles. The normalized spacial score (nSPS) is 17.2. The molecular formula is C14H20N2O. The van der Waals surface area contributed by atoms with Crippen LogP contribution in [0.4, 0.5) is 5.69 Å². The summed E-state index contributed by atoms with van der Waals surface area (Å²) in [6.07, 6.45) is 1.45. The highest BCUT2D eigenvalue weighted by Gasteiger charge is 2.25. The van der Waals surface area contributed by atoms with Crippen molar-refractivity contribution in [2.75, 3.05) is 11.4 Å². The molecule has 2 N–H and O–H groups in total. The number of carbonyl (C=O) groups is 1. The second-order valence-corrected chi connectivity index (χ2v) is 5.04. The van der Waals surface area contributed by atoms with Gasteiger partial charge in [0.15, 0.2) is 0 Å². The second-order valence-electron chi connectivity index (χ2n) is 5.04. The van der Waals surface area contributed by atoms with E-state index in [0.717, 1.165) is 12.1 Å². The highest BCUT2D eigenvalue weighted by molar-refractivity contribution is 5.96. The van der Waals surface area contributed by atoms with E-state index >= 15 is 0 Å². The summed E-state index contributed by atoms with van der Waals surface area (Å²) in [5.74, 6) is 0.580. The summed E-state index contributed by atoms with van der Waals surface area (Å²) in [7, 11) is 0. The molecule has 0 aromatic heterocycles. The molecule has 1 atom stereocenters. The van der Waals surface area contributed by atoms with Crippen LogP contribution in [0.1, 0.15) is 25.8 Å². The fourth-order valence-electron chi connectivity index (χ4n) is 2.12. The van der Waals surface area contributed by atoms with Gasteiger partial charge >= 0.3 is 0 Å². The van der Waals surface area contributed by atoms with Crippen molar-refractivity contribution in [1.29, 1.82) is 0 Å². The lowest BCUT2D eigenvalue weighted by atomic mass is 9.98. The van der Waals surface area contributed by atoms with Crippen LogP contribution in [0.25, 0.3) is 0 Å². The SMILES string of the molecule is CC(C)C(N)CN1C(=O)CCc2ccccc21. The van der Waals surface area contributed by atoms with Crippen molar-refractivity contribution in [3.8, 4) is 0 Å². The zero-order valence-corrected chi connectivity index (χ0v) is 10.5. The summed E-state index contributed by atoms with van der Waals surface area (Å²) in [6, 6.07) is 8.14. The molecule has 0 radical (unpaired) electrons. The van der Waals surface area contributed by atoms with E-state index in [0.29, 0.717) is 18.9 Å². The molecule has 0 spiro atoms. The van der Waals surface area contributed by atoms with Gasteiger partial charge in [0.05, 0.1) is 0 Å². The molecule has 2 rings (SSSR count). The minimum absolute atomic E-state index is 0.0325. The maximum atomic E-state index is 12.0. The van der Waals surface area contributed by atoms with Gasteiger partial charge in [-0.1, -0.05) is 32.0 Å². The zero-order valence-electron chi connectivity index (χ0n) is 10.5. The Morgan fingerprint density at radius 2 is 2.00 bits per heavy atom. The van der Waals surface area contributed by atoms with E-state index in [9.17, 15) is 4.79 Å². The molecule has 17 heavy (non-hydrogen) atoms. The molecule has 1 amide bonds. The molecule has 1 aliphatic heterocycles. The maximum absolute atomic E-state index is 12.0. The molecule has 0 fully saturated rings.